The lowest BCUT2D eigenvalue weighted by Crippen LogP contribution is -2.37. The van der Waals surface area contributed by atoms with Crippen molar-refractivity contribution in [2.75, 3.05) is 0 Å². The van der Waals surface area contributed by atoms with Crippen LogP contribution in [-0.2, 0) is 9.53 Å². The third kappa shape index (κ3) is 4.40. The molecule has 0 heterocycles. The fourth-order valence-electron chi connectivity index (χ4n) is 1.79. The molecule has 3 nitrogen and oxygen atoms in total. The summed E-state index contributed by atoms with van der Waals surface area (Å²) in [6, 6.07) is 9.61. The third-order valence-electron chi connectivity index (χ3n) is 2.74. The Kier molecular flexibility index (Phi) is 5.69. The van der Waals surface area contributed by atoms with Crippen LogP contribution in [0.3, 0.4) is 0 Å². The number of benzene rings is 1. The highest BCUT2D eigenvalue weighted by Gasteiger charge is 2.25. The highest BCUT2D eigenvalue weighted by Crippen LogP contribution is 2.19. The lowest BCUT2D eigenvalue weighted by Gasteiger charge is -2.28. The Morgan fingerprint density at radius 1 is 1.17 bits per heavy atom. The maximum absolute atomic E-state index is 11.3. The molecule has 18 heavy (non-hydrogen) atoms. The number of hydrogen-bond donors (Lipinski definition) is 0. The fraction of sp³-hybridized carbons (Fsp3) is 0.533. The molecule has 0 saturated carbocycles. The molecule has 0 fully saturated rings. The normalized spacial score (nSPS) is 14.1. The minimum absolute atomic E-state index is 0.136. The van der Waals surface area contributed by atoms with Gasteiger partial charge in [-0.25, -0.2) is 0 Å². The average Bonchev–Trinajstić information content (AvgIpc) is 2.36. The number of esters is 1. The highest BCUT2D eigenvalue weighted by atomic mass is 16.6. The first kappa shape index (κ1) is 14.6. The molecule has 0 aliphatic carbocycles. The molecule has 0 N–H and O–H groups in total. The summed E-state index contributed by atoms with van der Waals surface area (Å²) in [5.74, 6) is 0.880. The molecule has 1 aromatic carbocycles. The van der Waals surface area contributed by atoms with E-state index in [9.17, 15) is 4.79 Å². The summed E-state index contributed by atoms with van der Waals surface area (Å²) in [6.07, 6.45) is 0.00100. The molecule has 0 aromatic heterocycles. The first-order valence-corrected chi connectivity index (χ1v) is 6.45. The molecule has 0 spiro atoms. The summed E-state index contributed by atoms with van der Waals surface area (Å²) in [7, 11) is 0. The molecule has 1 rings (SSSR count). The van der Waals surface area contributed by atoms with Crippen molar-refractivity contribution >= 4 is 5.97 Å². The van der Waals surface area contributed by atoms with Crippen molar-refractivity contribution in [2.24, 2.45) is 5.92 Å². The average molecular weight is 250 g/mol. The van der Waals surface area contributed by atoms with Crippen LogP contribution in [0.1, 0.15) is 34.1 Å². The van der Waals surface area contributed by atoms with Gasteiger partial charge < -0.3 is 9.47 Å². The zero-order chi connectivity index (χ0) is 13.5. The van der Waals surface area contributed by atoms with Crippen LogP contribution in [0.5, 0.6) is 5.75 Å². The molecule has 3 heteroatoms. The van der Waals surface area contributed by atoms with Gasteiger partial charge in [-0.3, -0.25) is 4.79 Å². The number of hydrogen-bond acceptors (Lipinski definition) is 3. The molecule has 0 radical (unpaired) electrons. The van der Waals surface area contributed by atoms with E-state index in [1.807, 2.05) is 37.3 Å². The van der Waals surface area contributed by atoms with Crippen LogP contribution in [0.15, 0.2) is 30.3 Å². The molecule has 0 bridgehead atoms. The van der Waals surface area contributed by atoms with E-state index in [0.29, 0.717) is 6.42 Å². The van der Waals surface area contributed by atoms with E-state index in [0.717, 1.165) is 5.75 Å². The van der Waals surface area contributed by atoms with Crippen LogP contribution in [-0.4, -0.2) is 18.2 Å². The topological polar surface area (TPSA) is 35.5 Å². The van der Waals surface area contributed by atoms with Gasteiger partial charge in [0, 0.05) is 6.42 Å². The standard InChI is InChI=1S/C15H22O3/c1-5-14(16)17-12(4)15(11(2)3)18-13-9-7-6-8-10-13/h6-12,15H,5H2,1-4H3. The maximum Gasteiger partial charge on any atom is 0.305 e. The third-order valence-corrected chi connectivity index (χ3v) is 2.74. The Morgan fingerprint density at radius 2 is 1.78 bits per heavy atom. The second-order valence-electron chi connectivity index (χ2n) is 4.69. The highest BCUT2D eigenvalue weighted by molar-refractivity contribution is 5.69. The number of carbonyl (C=O) groups excluding carboxylic acids is 1. The summed E-state index contributed by atoms with van der Waals surface area (Å²) in [5.41, 5.74) is 0. The van der Waals surface area contributed by atoms with E-state index >= 15 is 0 Å². The van der Waals surface area contributed by atoms with Crippen LogP contribution < -0.4 is 4.74 Å². The number of rotatable bonds is 6. The van der Waals surface area contributed by atoms with Crippen molar-refractivity contribution in [3.05, 3.63) is 30.3 Å². The molecule has 1 aromatic rings. The Bertz CT molecular complexity index is 359. The summed E-state index contributed by atoms with van der Waals surface area (Å²) in [6.45, 7) is 7.78. The largest absolute Gasteiger partial charge is 0.486 e. The predicted molar refractivity (Wildman–Crippen MR) is 71.5 cm³/mol. The minimum Gasteiger partial charge on any atom is -0.486 e. The zero-order valence-electron chi connectivity index (χ0n) is 11.6. The summed E-state index contributed by atoms with van der Waals surface area (Å²) >= 11 is 0. The van der Waals surface area contributed by atoms with E-state index in [1.54, 1.807) is 6.92 Å². The van der Waals surface area contributed by atoms with Crippen LogP contribution in [0.4, 0.5) is 0 Å². The van der Waals surface area contributed by atoms with Crippen molar-refractivity contribution in [2.45, 2.75) is 46.3 Å². The first-order chi connectivity index (χ1) is 8.54. The van der Waals surface area contributed by atoms with Gasteiger partial charge in [0.1, 0.15) is 18.0 Å². The van der Waals surface area contributed by atoms with Crippen molar-refractivity contribution in [1.82, 2.24) is 0 Å². The van der Waals surface area contributed by atoms with Crippen molar-refractivity contribution in [3.8, 4) is 5.75 Å². The molecule has 0 aliphatic rings. The molecule has 2 atom stereocenters. The number of ether oxygens (including phenoxy) is 2. The molecular formula is C15H22O3. The Hall–Kier alpha value is -1.51. The van der Waals surface area contributed by atoms with Gasteiger partial charge in [-0.15, -0.1) is 0 Å². The van der Waals surface area contributed by atoms with Gasteiger partial charge in [0.25, 0.3) is 0 Å². The summed E-state index contributed by atoms with van der Waals surface area (Å²) in [4.78, 5) is 11.3. The quantitative estimate of drug-likeness (QED) is 0.726. The van der Waals surface area contributed by atoms with Crippen LogP contribution in [0.2, 0.25) is 0 Å². The molecule has 0 saturated heterocycles. The SMILES string of the molecule is CCC(=O)OC(C)C(Oc1ccccc1)C(C)C. The van der Waals surface area contributed by atoms with E-state index in [4.69, 9.17) is 9.47 Å². The van der Waals surface area contributed by atoms with Crippen molar-refractivity contribution < 1.29 is 14.3 Å². The second-order valence-corrected chi connectivity index (χ2v) is 4.69. The van der Waals surface area contributed by atoms with E-state index in [-0.39, 0.29) is 24.1 Å². The number of para-hydroxylation sites is 1. The molecule has 2 unspecified atom stereocenters. The molecule has 100 valence electrons. The Labute approximate surface area is 109 Å². The fourth-order valence-corrected chi connectivity index (χ4v) is 1.79. The minimum atomic E-state index is -0.252. The van der Waals surface area contributed by atoms with Crippen molar-refractivity contribution in [3.63, 3.8) is 0 Å². The maximum atomic E-state index is 11.3. The van der Waals surface area contributed by atoms with Gasteiger partial charge in [-0.2, -0.15) is 0 Å². The van der Waals surface area contributed by atoms with Gasteiger partial charge in [-0.1, -0.05) is 39.0 Å². The van der Waals surface area contributed by atoms with Crippen LogP contribution in [0.25, 0.3) is 0 Å². The van der Waals surface area contributed by atoms with Crippen molar-refractivity contribution in [1.29, 1.82) is 0 Å². The monoisotopic (exact) mass is 250 g/mol. The van der Waals surface area contributed by atoms with Gasteiger partial charge in [-0.05, 0) is 25.0 Å². The van der Waals surface area contributed by atoms with Crippen LogP contribution >= 0.6 is 0 Å². The summed E-state index contributed by atoms with van der Waals surface area (Å²) < 4.78 is 11.2. The summed E-state index contributed by atoms with van der Waals surface area (Å²) in [5, 5.41) is 0. The molecular weight excluding hydrogens is 228 g/mol. The van der Waals surface area contributed by atoms with Crippen LogP contribution in [0, 0.1) is 5.92 Å². The smallest absolute Gasteiger partial charge is 0.305 e. The Balaban J connectivity index is 2.68. The first-order valence-electron chi connectivity index (χ1n) is 6.45. The Morgan fingerprint density at radius 3 is 2.28 bits per heavy atom. The van der Waals surface area contributed by atoms with Gasteiger partial charge in [0.05, 0.1) is 0 Å². The molecule has 0 aliphatic heterocycles. The number of carbonyl (C=O) groups is 1. The second kappa shape index (κ2) is 7.04. The van der Waals surface area contributed by atoms with E-state index in [1.165, 1.54) is 0 Å². The lowest BCUT2D eigenvalue weighted by atomic mass is 10.0. The van der Waals surface area contributed by atoms with E-state index < -0.39 is 0 Å². The predicted octanol–water partition coefficient (Wildman–Crippen LogP) is 3.43. The molecule has 0 amide bonds. The van der Waals surface area contributed by atoms with E-state index in [2.05, 4.69) is 13.8 Å². The lowest BCUT2D eigenvalue weighted by molar-refractivity contribution is -0.153. The zero-order valence-corrected chi connectivity index (χ0v) is 11.6. The van der Waals surface area contributed by atoms with Gasteiger partial charge >= 0.3 is 5.97 Å². The van der Waals surface area contributed by atoms with Gasteiger partial charge in [0.2, 0.25) is 0 Å². The van der Waals surface area contributed by atoms with Gasteiger partial charge in [0.15, 0.2) is 0 Å².